The summed E-state index contributed by atoms with van der Waals surface area (Å²) in [6.45, 7) is 7.19. The Morgan fingerprint density at radius 3 is 2.79 bits per heavy atom. The number of esters is 1. The lowest BCUT2D eigenvalue weighted by Crippen LogP contribution is -2.43. The van der Waals surface area contributed by atoms with E-state index in [0.717, 1.165) is 10.9 Å². The summed E-state index contributed by atoms with van der Waals surface area (Å²) in [5, 5.41) is 0.845. The van der Waals surface area contributed by atoms with Crippen LogP contribution in [-0.2, 0) is 16.0 Å². The largest absolute Gasteiger partial charge is 0.485 e. The third-order valence-electron chi connectivity index (χ3n) is 4.36. The molecule has 24 heavy (non-hydrogen) atoms. The minimum Gasteiger partial charge on any atom is -0.485 e. The second-order valence-electron chi connectivity index (χ2n) is 6.53. The van der Waals surface area contributed by atoms with Crippen LogP contribution in [0.25, 0.3) is 11.0 Å². The molecule has 2 heterocycles. The highest BCUT2D eigenvalue weighted by molar-refractivity contribution is 5.88. The number of benzene rings is 1. The van der Waals surface area contributed by atoms with E-state index in [1.54, 1.807) is 32.1 Å². The Kier molecular flexibility index (Phi) is 3.95. The molecule has 0 saturated heterocycles. The van der Waals surface area contributed by atoms with Gasteiger partial charge in [0.05, 0.1) is 0 Å². The van der Waals surface area contributed by atoms with Crippen molar-refractivity contribution in [2.45, 2.75) is 45.8 Å². The Balaban J connectivity index is 1.86. The van der Waals surface area contributed by atoms with E-state index in [2.05, 4.69) is 0 Å². The smallest absolute Gasteiger partial charge is 0.336 e. The highest BCUT2D eigenvalue weighted by Crippen LogP contribution is 2.37. The van der Waals surface area contributed by atoms with E-state index in [9.17, 15) is 9.59 Å². The fraction of sp³-hybridized carbons (Fsp3) is 0.368. The normalized spacial score (nSPS) is 17.5. The third-order valence-corrected chi connectivity index (χ3v) is 4.36. The maximum atomic E-state index is 12.1. The zero-order valence-corrected chi connectivity index (χ0v) is 14.2. The number of carbonyl (C=O) groups excluding carboxylic acids is 1. The SMILES string of the molecule is CC=C(C)C(=O)OC(C)(C)[C@H]1Cc2cc3ccc(=O)oc3cc2O1. The minimum absolute atomic E-state index is 0.301. The van der Waals surface area contributed by atoms with Crippen LogP contribution in [0.2, 0.25) is 0 Å². The van der Waals surface area contributed by atoms with Crippen LogP contribution >= 0.6 is 0 Å². The van der Waals surface area contributed by atoms with Crippen molar-refractivity contribution >= 4 is 16.9 Å². The molecule has 1 atom stereocenters. The van der Waals surface area contributed by atoms with Crippen LogP contribution in [0.1, 0.15) is 33.3 Å². The second kappa shape index (κ2) is 5.82. The summed E-state index contributed by atoms with van der Waals surface area (Å²) in [7, 11) is 0. The summed E-state index contributed by atoms with van der Waals surface area (Å²) in [5.41, 5.74) is 0.877. The molecule has 0 bridgehead atoms. The summed E-state index contributed by atoms with van der Waals surface area (Å²) >= 11 is 0. The van der Waals surface area contributed by atoms with Crippen LogP contribution in [-0.4, -0.2) is 17.7 Å². The van der Waals surface area contributed by atoms with Crippen molar-refractivity contribution in [3.63, 3.8) is 0 Å². The third kappa shape index (κ3) is 2.94. The number of ether oxygens (including phenoxy) is 2. The van der Waals surface area contributed by atoms with Gasteiger partial charge in [-0.2, -0.15) is 0 Å². The summed E-state index contributed by atoms with van der Waals surface area (Å²) in [6, 6.07) is 6.80. The molecular formula is C19H20O5. The molecule has 1 aromatic carbocycles. The first-order valence-electron chi connectivity index (χ1n) is 7.90. The van der Waals surface area contributed by atoms with Crippen molar-refractivity contribution in [1.29, 1.82) is 0 Å². The Morgan fingerprint density at radius 2 is 2.08 bits per heavy atom. The fourth-order valence-corrected chi connectivity index (χ4v) is 2.70. The Bertz CT molecular complexity index is 888. The molecule has 0 amide bonds. The van der Waals surface area contributed by atoms with Crippen LogP contribution in [0.4, 0.5) is 0 Å². The van der Waals surface area contributed by atoms with Gasteiger partial charge in [0.2, 0.25) is 0 Å². The standard InChI is InChI=1S/C19H20O5/c1-5-11(2)18(21)24-19(3,4)16-9-13-8-12-6-7-17(20)23-14(12)10-15(13)22-16/h5-8,10,16H,9H2,1-4H3/t16-/m1/s1. The molecule has 5 nitrogen and oxygen atoms in total. The number of hydrogen-bond acceptors (Lipinski definition) is 5. The van der Waals surface area contributed by atoms with Gasteiger partial charge in [-0.3, -0.25) is 0 Å². The number of rotatable bonds is 3. The maximum absolute atomic E-state index is 12.1. The van der Waals surface area contributed by atoms with E-state index in [-0.39, 0.29) is 12.1 Å². The van der Waals surface area contributed by atoms with Crippen molar-refractivity contribution in [1.82, 2.24) is 0 Å². The van der Waals surface area contributed by atoms with Crippen LogP contribution in [0.15, 0.2) is 45.1 Å². The summed E-state index contributed by atoms with van der Waals surface area (Å²) in [4.78, 5) is 23.4. The molecule has 1 aromatic heterocycles. The molecule has 1 aliphatic heterocycles. The molecule has 0 fully saturated rings. The van der Waals surface area contributed by atoms with E-state index >= 15 is 0 Å². The highest BCUT2D eigenvalue weighted by Gasteiger charge is 2.40. The molecule has 0 unspecified atom stereocenters. The molecule has 1 aliphatic rings. The van der Waals surface area contributed by atoms with Crippen molar-refractivity contribution in [2.75, 3.05) is 0 Å². The summed E-state index contributed by atoms with van der Waals surface area (Å²) < 4.78 is 16.8. The molecule has 0 N–H and O–H groups in total. The molecule has 126 valence electrons. The summed E-state index contributed by atoms with van der Waals surface area (Å²) in [5.74, 6) is 0.312. The van der Waals surface area contributed by atoms with Gasteiger partial charge in [-0.15, -0.1) is 0 Å². The quantitative estimate of drug-likeness (QED) is 0.491. The van der Waals surface area contributed by atoms with Crippen LogP contribution < -0.4 is 10.4 Å². The van der Waals surface area contributed by atoms with Gasteiger partial charge in [0.15, 0.2) is 0 Å². The van der Waals surface area contributed by atoms with Gasteiger partial charge >= 0.3 is 11.6 Å². The maximum Gasteiger partial charge on any atom is 0.336 e. The number of hydrogen-bond donors (Lipinski definition) is 0. The van der Waals surface area contributed by atoms with Gasteiger partial charge in [-0.1, -0.05) is 6.08 Å². The first-order chi connectivity index (χ1) is 11.3. The highest BCUT2D eigenvalue weighted by atomic mass is 16.6. The number of allylic oxidation sites excluding steroid dienone is 1. The van der Waals surface area contributed by atoms with Crippen molar-refractivity contribution in [3.8, 4) is 5.75 Å². The van der Waals surface area contributed by atoms with Gasteiger partial charge in [-0.05, 0) is 45.4 Å². The Morgan fingerprint density at radius 1 is 1.33 bits per heavy atom. The zero-order valence-electron chi connectivity index (χ0n) is 14.2. The lowest BCUT2D eigenvalue weighted by Gasteiger charge is -2.30. The lowest BCUT2D eigenvalue weighted by molar-refractivity contribution is -0.159. The molecule has 3 rings (SSSR count). The topological polar surface area (TPSA) is 65.7 Å². The van der Waals surface area contributed by atoms with Crippen molar-refractivity contribution in [3.05, 3.63) is 51.9 Å². The summed E-state index contributed by atoms with van der Waals surface area (Å²) in [6.07, 6.45) is 2.04. The monoisotopic (exact) mass is 328 g/mol. The van der Waals surface area contributed by atoms with Crippen LogP contribution in [0.3, 0.4) is 0 Å². The fourth-order valence-electron chi connectivity index (χ4n) is 2.70. The van der Waals surface area contributed by atoms with E-state index < -0.39 is 11.2 Å². The van der Waals surface area contributed by atoms with E-state index in [1.807, 2.05) is 19.9 Å². The molecule has 0 aliphatic carbocycles. The molecule has 5 heteroatoms. The van der Waals surface area contributed by atoms with Gasteiger partial charge in [0.1, 0.15) is 23.0 Å². The van der Waals surface area contributed by atoms with Gasteiger partial charge in [-0.25, -0.2) is 9.59 Å². The Hall–Kier alpha value is -2.56. The molecule has 2 aromatic rings. The predicted octanol–water partition coefficient (Wildman–Crippen LogP) is 3.38. The average Bonchev–Trinajstić information content (AvgIpc) is 2.95. The van der Waals surface area contributed by atoms with E-state index in [4.69, 9.17) is 13.9 Å². The van der Waals surface area contributed by atoms with Crippen molar-refractivity contribution in [2.24, 2.45) is 0 Å². The van der Waals surface area contributed by atoms with Gasteiger partial charge in [0.25, 0.3) is 0 Å². The van der Waals surface area contributed by atoms with E-state index in [0.29, 0.717) is 23.3 Å². The second-order valence-corrected chi connectivity index (χ2v) is 6.53. The lowest BCUT2D eigenvalue weighted by atomic mass is 9.96. The van der Waals surface area contributed by atoms with Crippen LogP contribution in [0, 0.1) is 0 Å². The van der Waals surface area contributed by atoms with Gasteiger partial charge < -0.3 is 13.9 Å². The molecule has 0 saturated carbocycles. The van der Waals surface area contributed by atoms with E-state index in [1.165, 1.54) is 6.07 Å². The predicted molar refractivity (Wildman–Crippen MR) is 90.2 cm³/mol. The van der Waals surface area contributed by atoms with Crippen molar-refractivity contribution < 1.29 is 18.7 Å². The number of fused-ring (bicyclic) bond motifs is 2. The zero-order chi connectivity index (χ0) is 17.5. The number of carbonyl (C=O) groups is 1. The molecular weight excluding hydrogens is 308 g/mol. The minimum atomic E-state index is -0.784. The first kappa shape index (κ1) is 16.3. The average molecular weight is 328 g/mol. The first-order valence-corrected chi connectivity index (χ1v) is 7.90. The molecule has 0 radical (unpaired) electrons. The molecule has 0 spiro atoms. The van der Waals surface area contributed by atoms with Crippen LogP contribution in [0.5, 0.6) is 5.75 Å². The van der Waals surface area contributed by atoms with Gasteiger partial charge in [0, 0.05) is 29.5 Å². The Labute approximate surface area is 139 Å².